The van der Waals surface area contributed by atoms with Crippen molar-refractivity contribution in [3.8, 4) is 0 Å². The van der Waals surface area contributed by atoms with E-state index in [1.165, 1.54) is 62.2 Å². The quantitative estimate of drug-likeness (QED) is 0.330. The average molecular weight is 546 g/mol. The number of aryl methyl sites for hydroxylation is 1. The van der Waals surface area contributed by atoms with E-state index in [1.807, 2.05) is 18.2 Å². The van der Waals surface area contributed by atoms with Crippen molar-refractivity contribution in [3.05, 3.63) is 70.5 Å². The van der Waals surface area contributed by atoms with Crippen molar-refractivity contribution in [1.82, 2.24) is 9.80 Å². The van der Waals surface area contributed by atoms with Gasteiger partial charge >= 0.3 is 0 Å². The summed E-state index contributed by atoms with van der Waals surface area (Å²) < 4.78 is 13.2. The van der Waals surface area contributed by atoms with Crippen LogP contribution in [-0.4, -0.2) is 41.8 Å². The van der Waals surface area contributed by atoms with Gasteiger partial charge in [-0.2, -0.15) is 0 Å². The maximum Gasteiger partial charge on any atom is 0.162 e. The Labute approximate surface area is 229 Å². The molecule has 0 radical (unpaired) electrons. The van der Waals surface area contributed by atoms with E-state index in [9.17, 15) is 9.18 Å². The van der Waals surface area contributed by atoms with Crippen LogP contribution in [0.1, 0.15) is 72.5 Å². The van der Waals surface area contributed by atoms with E-state index in [-0.39, 0.29) is 48.8 Å². The lowest BCUT2D eigenvalue weighted by atomic mass is 9.89. The highest BCUT2D eigenvalue weighted by atomic mass is 35.5. The van der Waals surface area contributed by atoms with Gasteiger partial charge in [0.25, 0.3) is 0 Å². The highest BCUT2D eigenvalue weighted by Gasteiger charge is 2.21. The number of halogens is 4. The van der Waals surface area contributed by atoms with Crippen molar-refractivity contribution < 1.29 is 9.18 Å². The van der Waals surface area contributed by atoms with E-state index in [1.54, 1.807) is 0 Å². The predicted molar refractivity (Wildman–Crippen MR) is 150 cm³/mol. The first kappa shape index (κ1) is 31.9. The average Bonchev–Trinajstić information content (AvgIpc) is 3.01. The molecule has 7 heteroatoms. The van der Waals surface area contributed by atoms with E-state index >= 15 is 0 Å². The second kappa shape index (κ2) is 15.8. The maximum absolute atomic E-state index is 13.2. The smallest absolute Gasteiger partial charge is 0.162 e. The summed E-state index contributed by atoms with van der Waals surface area (Å²) in [6.45, 7) is 8.52. The van der Waals surface area contributed by atoms with Crippen LogP contribution < -0.4 is 0 Å². The molecule has 0 saturated carbocycles. The lowest BCUT2D eigenvalue weighted by Crippen LogP contribution is -2.34. The Hall–Kier alpha value is -1.17. The molecule has 0 spiro atoms. The number of fused-ring (bicyclic) bond motifs is 1. The van der Waals surface area contributed by atoms with Gasteiger partial charge in [0.05, 0.1) is 0 Å². The lowest BCUT2D eigenvalue weighted by Gasteiger charge is -2.31. The molecule has 0 atom stereocenters. The number of rotatable bonds is 8. The molecule has 0 amide bonds. The Balaban J connectivity index is 0.00000204. The summed E-state index contributed by atoms with van der Waals surface area (Å²) in [5.74, 6) is 0.793. The van der Waals surface area contributed by atoms with Gasteiger partial charge in [0, 0.05) is 25.1 Å². The fourth-order valence-corrected chi connectivity index (χ4v) is 5.28. The number of hydrogen-bond acceptors (Lipinski definition) is 3. The molecule has 196 valence electrons. The third kappa shape index (κ3) is 9.33. The Bertz CT molecular complexity index is 902. The molecule has 35 heavy (non-hydrogen) atoms. The Morgan fingerprint density at radius 1 is 0.943 bits per heavy atom. The molecule has 4 rings (SSSR count). The van der Waals surface area contributed by atoms with Gasteiger partial charge in [-0.3, -0.25) is 9.69 Å². The van der Waals surface area contributed by atoms with Gasteiger partial charge in [-0.05, 0) is 106 Å². The molecule has 2 aliphatic rings. The third-order valence-electron chi connectivity index (χ3n) is 7.19. The SMILES string of the molecule is CCCN1CCC(CCC(=O)c2ccc3c(c2)CN(Cc2ccc(F)cc2)CCC3)CC1.Cl.Cl.Cl. The number of carbonyl (C=O) groups is 1. The van der Waals surface area contributed by atoms with Crippen molar-refractivity contribution >= 4 is 43.0 Å². The van der Waals surface area contributed by atoms with Crippen molar-refractivity contribution in [2.45, 2.75) is 65.0 Å². The molecule has 0 unspecified atom stereocenters. The molecule has 1 saturated heterocycles. The van der Waals surface area contributed by atoms with Gasteiger partial charge in [0.1, 0.15) is 5.82 Å². The van der Waals surface area contributed by atoms with Gasteiger partial charge in [-0.15, -0.1) is 37.2 Å². The van der Waals surface area contributed by atoms with Crippen molar-refractivity contribution in [1.29, 1.82) is 0 Å². The first-order valence-corrected chi connectivity index (χ1v) is 12.4. The zero-order valence-corrected chi connectivity index (χ0v) is 23.2. The Kier molecular flexibility index (Phi) is 14.4. The number of Topliss-reactive ketones (excluding diaryl/α,β-unsaturated/α-hetero) is 1. The Morgan fingerprint density at radius 2 is 1.66 bits per heavy atom. The first-order valence-electron chi connectivity index (χ1n) is 12.4. The van der Waals surface area contributed by atoms with Crippen LogP contribution in [0.4, 0.5) is 4.39 Å². The molecule has 0 N–H and O–H groups in total. The van der Waals surface area contributed by atoms with Crippen LogP contribution in [0.25, 0.3) is 0 Å². The zero-order valence-electron chi connectivity index (χ0n) is 20.7. The fraction of sp³-hybridized carbons (Fsp3) is 0.536. The minimum atomic E-state index is -0.190. The molecule has 2 heterocycles. The summed E-state index contributed by atoms with van der Waals surface area (Å²) in [6, 6.07) is 13.2. The first-order chi connectivity index (χ1) is 15.6. The molecule has 0 bridgehead atoms. The monoisotopic (exact) mass is 544 g/mol. The summed E-state index contributed by atoms with van der Waals surface area (Å²) in [5.41, 5.74) is 4.65. The molecule has 2 aromatic rings. The highest BCUT2D eigenvalue weighted by molar-refractivity contribution is 5.96. The van der Waals surface area contributed by atoms with Crippen molar-refractivity contribution in [2.75, 3.05) is 26.2 Å². The second-order valence-corrected chi connectivity index (χ2v) is 9.67. The topological polar surface area (TPSA) is 23.6 Å². The standard InChI is InChI=1S/C28H37FN2O.3ClH/c1-2-15-30-17-13-22(14-18-30)7-12-28(32)25-9-8-24-4-3-16-31(21-26(24)19-25)20-23-5-10-27(29)11-6-23;;;/h5-6,8-11,19,22H,2-4,7,12-18,20-21H2,1H3;3*1H. The molecule has 2 aliphatic heterocycles. The minimum Gasteiger partial charge on any atom is -0.303 e. The molecule has 3 nitrogen and oxygen atoms in total. The number of nitrogens with zero attached hydrogens (tertiary/aromatic N) is 2. The van der Waals surface area contributed by atoms with Crippen LogP contribution in [0.3, 0.4) is 0 Å². The van der Waals surface area contributed by atoms with Crippen LogP contribution in [0.15, 0.2) is 42.5 Å². The summed E-state index contributed by atoms with van der Waals surface area (Å²) in [4.78, 5) is 17.9. The van der Waals surface area contributed by atoms with Crippen molar-refractivity contribution in [2.24, 2.45) is 5.92 Å². The predicted octanol–water partition coefficient (Wildman–Crippen LogP) is 7.12. The number of piperidine rings is 1. The van der Waals surface area contributed by atoms with Crippen LogP contribution >= 0.6 is 37.2 Å². The molecule has 1 fully saturated rings. The highest BCUT2D eigenvalue weighted by Crippen LogP contribution is 2.25. The van der Waals surface area contributed by atoms with Crippen molar-refractivity contribution in [3.63, 3.8) is 0 Å². The van der Waals surface area contributed by atoms with Crippen LogP contribution in [-0.2, 0) is 19.5 Å². The molecule has 0 aromatic heterocycles. The number of hydrogen-bond donors (Lipinski definition) is 0. The number of benzene rings is 2. The van der Waals surface area contributed by atoms with E-state index in [4.69, 9.17) is 0 Å². The van der Waals surface area contributed by atoms with E-state index in [2.05, 4.69) is 28.9 Å². The molecule has 2 aromatic carbocycles. The van der Waals surface area contributed by atoms with Crippen LogP contribution in [0, 0.1) is 11.7 Å². The molecular weight excluding hydrogens is 506 g/mol. The number of ketones is 1. The fourth-order valence-electron chi connectivity index (χ4n) is 5.28. The van der Waals surface area contributed by atoms with E-state index in [0.29, 0.717) is 12.3 Å². The van der Waals surface area contributed by atoms with Crippen LogP contribution in [0.5, 0.6) is 0 Å². The summed E-state index contributed by atoms with van der Waals surface area (Å²) in [5, 5.41) is 0. The molecular formula is C28H40Cl3FN2O. The summed E-state index contributed by atoms with van der Waals surface area (Å²) in [7, 11) is 0. The van der Waals surface area contributed by atoms with Gasteiger partial charge in [0.2, 0.25) is 0 Å². The lowest BCUT2D eigenvalue weighted by molar-refractivity contribution is 0.0962. The Morgan fingerprint density at radius 3 is 2.34 bits per heavy atom. The normalized spacial score (nSPS) is 16.7. The third-order valence-corrected chi connectivity index (χ3v) is 7.19. The van der Waals surface area contributed by atoms with E-state index < -0.39 is 0 Å². The van der Waals surface area contributed by atoms with Gasteiger partial charge in [0.15, 0.2) is 5.78 Å². The zero-order chi connectivity index (χ0) is 22.3. The minimum absolute atomic E-state index is 0. The summed E-state index contributed by atoms with van der Waals surface area (Å²) in [6.07, 6.45) is 7.54. The number of carbonyl (C=O) groups excluding carboxylic acids is 1. The number of likely N-dealkylation sites (tertiary alicyclic amines) is 1. The maximum atomic E-state index is 13.2. The van der Waals surface area contributed by atoms with Gasteiger partial charge in [-0.1, -0.05) is 31.2 Å². The van der Waals surface area contributed by atoms with E-state index in [0.717, 1.165) is 50.0 Å². The van der Waals surface area contributed by atoms with Crippen LogP contribution in [0.2, 0.25) is 0 Å². The van der Waals surface area contributed by atoms with Gasteiger partial charge < -0.3 is 4.90 Å². The summed E-state index contributed by atoms with van der Waals surface area (Å²) >= 11 is 0. The molecule has 0 aliphatic carbocycles. The second-order valence-electron chi connectivity index (χ2n) is 9.67. The largest absolute Gasteiger partial charge is 0.303 e. The van der Waals surface area contributed by atoms with Gasteiger partial charge in [-0.25, -0.2) is 4.39 Å².